The van der Waals surface area contributed by atoms with Crippen molar-refractivity contribution >= 4 is 58.2 Å². The van der Waals surface area contributed by atoms with Crippen molar-refractivity contribution in [1.29, 1.82) is 0 Å². The fourth-order valence-corrected chi connectivity index (χ4v) is 8.00. The molecule has 1 N–H and O–H groups in total. The van der Waals surface area contributed by atoms with Crippen LogP contribution in [0.2, 0.25) is 0 Å². The van der Waals surface area contributed by atoms with Crippen LogP contribution in [0.3, 0.4) is 0 Å². The zero-order valence-electron chi connectivity index (χ0n) is 21.7. The lowest BCUT2D eigenvalue weighted by Crippen LogP contribution is -2.60. The van der Waals surface area contributed by atoms with Crippen LogP contribution in [-0.2, 0) is 19.2 Å². The third-order valence-corrected chi connectivity index (χ3v) is 10.3. The number of alkyl halides is 2. The molecule has 0 bridgehead atoms. The summed E-state index contributed by atoms with van der Waals surface area (Å²) in [4.78, 5) is 63.1. The largest absolute Gasteiger partial charge is 0.504 e. The van der Waals surface area contributed by atoms with Crippen LogP contribution < -0.4 is 9.64 Å². The first-order valence-corrected chi connectivity index (χ1v) is 13.5. The van der Waals surface area contributed by atoms with Gasteiger partial charge in [0.1, 0.15) is 0 Å². The van der Waals surface area contributed by atoms with Crippen LogP contribution in [0.1, 0.15) is 24.3 Å². The van der Waals surface area contributed by atoms with Gasteiger partial charge in [0.25, 0.3) is 17.5 Å². The maximum absolute atomic E-state index is 13.9. The molecule has 1 saturated carbocycles. The molecule has 2 aromatic rings. The molecule has 0 unspecified atom stereocenters. The van der Waals surface area contributed by atoms with Crippen LogP contribution in [0.5, 0.6) is 11.5 Å². The molecule has 2 heterocycles. The van der Waals surface area contributed by atoms with Gasteiger partial charge in [-0.25, -0.2) is 0 Å². The number of amides is 4. The fraction of sp³-hybridized carbons (Fsp3) is 0.357. The number of allylic oxidation sites excluding steroid dienone is 2. The van der Waals surface area contributed by atoms with Gasteiger partial charge in [-0.3, -0.25) is 39.1 Å². The molecule has 6 rings (SSSR count). The van der Waals surface area contributed by atoms with Crippen molar-refractivity contribution < 1.29 is 33.9 Å². The molecule has 0 spiro atoms. The molecule has 0 aromatic heterocycles. The molecule has 2 saturated heterocycles. The van der Waals surface area contributed by atoms with Crippen molar-refractivity contribution in [2.75, 3.05) is 19.1 Å². The molecule has 2 aliphatic heterocycles. The number of rotatable bonds is 4. The summed E-state index contributed by atoms with van der Waals surface area (Å²) in [6, 6.07) is 9.60. The lowest BCUT2D eigenvalue weighted by Gasteiger charge is -2.50. The van der Waals surface area contributed by atoms with Crippen LogP contribution in [0, 0.1) is 27.9 Å². The van der Waals surface area contributed by atoms with E-state index in [1.165, 1.54) is 50.6 Å². The second-order valence-electron chi connectivity index (χ2n) is 10.7. The number of fused-ring (bicyclic) bond motifs is 4. The highest BCUT2D eigenvalue weighted by molar-refractivity contribution is 6.53. The van der Waals surface area contributed by atoms with Crippen LogP contribution in [0.4, 0.5) is 11.4 Å². The second-order valence-corrected chi connectivity index (χ2v) is 12.0. The topological polar surface area (TPSA) is 147 Å². The number of carbonyl (C=O) groups is 4. The van der Waals surface area contributed by atoms with E-state index < -0.39 is 62.0 Å². The molecule has 6 atom stereocenters. The smallest absolute Gasteiger partial charge is 0.269 e. The van der Waals surface area contributed by atoms with Gasteiger partial charge in [-0.2, -0.15) is 0 Å². The third-order valence-electron chi connectivity index (χ3n) is 8.87. The summed E-state index contributed by atoms with van der Waals surface area (Å²) in [7, 11) is 2.68. The Morgan fingerprint density at radius 3 is 2.32 bits per heavy atom. The molecule has 2 aliphatic carbocycles. The number of nitro groups is 1. The summed E-state index contributed by atoms with van der Waals surface area (Å²) >= 11 is 14.2. The number of non-ortho nitro benzene ring substituents is 1. The highest BCUT2D eigenvalue weighted by atomic mass is 35.5. The van der Waals surface area contributed by atoms with Gasteiger partial charge in [0, 0.05) is 25.1 Å². The maximum Gasteiger partial charge on any atom is 0.269 e. The van der Waals surface area contributed by atoms with E-state index in [4.69, 9.17) is 27.9 Å². The van der Waals surface area contributed by atoms with Gasteiger partial charge in [0.2, 0.25) is 11.8 Å². The summed E-state index contributed by atoms with van der Waals surface area (Å²) in [6.07, 6.45) is 1.76. The van der Waals surface area contributed by atoms with E-state index in [1.54, 1.807) is 12.1 Å². The van der Waals surface area contributed by atoms with E-state index >= 15 is 0 Å². The number of ether oxygens (including phenoxy) is 1. The first-order chi connectivity index (χ1) is 19.4. The maximum atomic E-state index is 13.9. The number of nitrogens with zero attached hydrogens (tertiary/aromatic N) is 3. The molecule has 0 radical (unpaired) electrons. The van der Waals surface area contributed by atoms with Gasteiger partial charge < -0.3 is 9.84 Å². The normalized spacial score (nSPS) is 32.4. The van der Waals surface area contributed by atoms with Gasteiger partial charge in [0.05, 0.1) is 29.6 Å². The lowest BCUT2D eigenvalue weighted by atomic mass is 9.56. The number of halogens is 2. The predicted octanol–water partition coefficient (Wildman–Crippen LogP) is 3.50. The summed E-state index contributed by atoms with van der Waals surface area (Å²) in [5, 5.41) is 21.7. The van der Waals surface area contributed by atoms with Crippen molar-refractivity contribution in [3.05, 3.63) is 69.8 Å². The zero-order chi connectivity index (χ0) is 29.6. The van der Waals surface area contributed by atoms with E-state index in [-0.39, 0.29) is 35.7 Å². The average Bonchev–Trinajstić information content (AvgIpc) is 3.28. The number of phenols is 1. The molecule has 3 fully saturated rings. The molecule has 13 heteroatoms. The number of benzene rings is 2. The predicted molar refractivity (Wildman–Crippen MR) is 146 cm³/mol. The van der Waals surface area contributed by atoms with Gasteiger partial charge in [-0.05, 0) is 48.6 Å². The number of anilines is 1. The fourth-order valence-electron chi connectivity index (χ4n) is 6.98. The number of phenolic OH excluding ortho intramolecular Hbond substituents is 1. The van der Waals surface area contributed by atoms with Gasteiger partial charge in [0.15, 0.2) is 21.2 Å². The number of aromatic hydroxyl groups is 1. The molecule has 41 heavy (non-hydrogen) atoms. The summed E-state index contributed by atoms with van der Waals surface area (Å²) in [5.41, 5.74) is 0.958. The minimum atomic E-state index is -1.97. The van der Waals surface area contributed by atoms with E-state index in [2.05, 4.69) is 0 Å². The number of carbonyl (C=O) groups excluding carboxylic acids is 4. The first kappa shape index (κ1) is 27.2. The highest BCUT2D eigenvalue weighted by Gasteiger charge is 2.75. The Bertz CT molecular complexity index is 1590. The average molecular weight is 600 g/mol. The number of methoxy groups -OCH3 is 1. The van der Waals surface area contributed by atoms with Crippen LogP contribution in [0.15, 0.2) is 54.1 Å². The molecule has 11 nitrogen and oxygen atoms in total. The van der Waals surface area contributed by atoms with Crippen molar-refractivity contribution in [1.82, 2.24) is 4.90 Å². The molecular formula is C28H23Cl2N3O8. The Labute approximate surface area is 243 Å². The monoisotopic (exact) mass is 599 g/mol. The van der Waals surface area contributed by atoms with Crippen molar-refractivity contribution in [3.63, 3.8) is 0 Å². The van der Waals surface area contributed by atoms with Gasteiger partial charge in [-0.15, -0.1) is 23.2 Å². The minimum Gasteiger partial charge on any atom is -0.504 e. The summed E-state index contributed by atoms with van der Waals surface area (Å²) in [5.74, 6) is -5.92. The highest BCUT2D eigenvalue weighted by Crippen LogP contribution is 2.65. The Balaban J connectivity index is 1.48. The number of likely N-dealkylation sites (tertiary alicyclic amines) is 1. The quantitative estimate of drug-likeness (QED) is 0.184. The number of imide groups is 2. The van der Waals surface area contributed by atoms with E-state index in [0.717, 1.165) is 9.80 Å². The molecule has 4 amide bonds. The Morgan fingerprint density at radius 2 is 1.71 bits per heavy atom. The summed E-state index contributed by atoms with van der Waals surface area (Å²) in [6.45, 7) is 0. The van der Waals surface area contributed by atoms with Crippen LogP contribution >= 0.6 is 23.2 Å². The molecular weight excluding hydrogens is 577 g/mol. The van der Waals surface area contributed by atoms with Gasteiger partial charge in [-0.1, -0.05) is 17.7 Å². The van der Waals surface area contributed by atoms with Crippen LogP contribution in [-0.4, -0.2) is 62.5 Å². The van der Waals surface area contributed by atoms with Crippen LogP contribution in [0.25, 0.3) is 0 Å². The molecule has 4 aliphatic rings. The Kier molecular flexibility index (Phi) is 5.99. The van der Waals surface area contributed by atoms with Crippen molar-refractivity contribution in [2.45, 2.75) is 28.5 Å². The zero-order valence-corrected chi connectivity index (χ0v) is 23.3. The minimum absolute atomic E-state index is 0.156. The number of nitro benzene ring substituents is 1. The second kappa shape index (κ2) is 9.02. The standard InChI is InChI=1S/C28H23Cl2N3O8/c1-31-25(37)27(29)12-18-16(22(28(27,30)26(31)38)13-3-10-20(41-2)19(34)11-13)8-9-17-21(18)24(36)32(23(17)35)14-4-6-15(7-5-14)33(39)40/h3-8,10-11,17-18,21-22,34H,9,12H2,1-2H3/t17-,18+,21-,22-,27+,28-/m0/s1. The Morgan fingerprint density at radius 1 is 1.02 bits per heavy atom. The Hall–Kier alpha value is -3.96. The van der Waals surface area contributed by atoms with E-state index in [1.807, 2.05) is 0 Å². The van der Waals surface area contributed by atoms with E-state index in [0.29, 0.717) is 11.1 Å². The third kappa shape index (κ3) is 3.45. The van der Waals surface area contributed by atoms with Crippen molar-refractivity contribution in [3.8, 4) is 11.5 Å². The SMILES string of the molecule is COc1ccc([C@H]2C3=CC[C@@H]4C(=O)N(c5ccc([N+](=O)[O-])cc5)C(=O)[C@@H]4[C@@H]3C[C@@]3(Cl)C(=O)N(C)C(=O)[C@@]23Cl)cc1O. The first-order valence-electron chi connectivity index (χ1n) is 12.8. The van der Waals surface area contributed by atoms with E-state index in [9.17, 15) is 34.4 Å². The molecule has 212 valence electrons. The molecule has 2 aromatic carbocycles. The summed E-state index contributed by atoms with van der Waals surface area (Å²) < 4.78 is 5.16. The number of hydrogen-bond acceptors (Lipinski definition) is 8. The van der Waals surface area contributed by atoms with Crippen molar-refractivity contribution in [2.24, 2.45) is 17.8 Å². The van der Waals surface area contributed by atoms with Gasteiger partial charge >= 0.3 is 0 Å². The number of hydrogen-bond donors (Lipinski definition) is 1. The lowest BCUT2D eigenvalue weighted by molar-refractivity contribution is -0.384.